The number of halogens is 2. The quantitative estimate of drug-likeness (QED) is 0.114. The number of aliphatic hydroxyl groups excluding tert-OH is 2. The lowest BCUT2D eigenvalue weighted by molar-refractivity contribution is -0.140. The summed E-state index contributed by atoms with van der Waals surface area (Å²) in [5.41, 5.74) is 2.41. The lowest BCUT2D eigenvalue weighted by atomic mass is 9.96. The molecule has 3 aromatic rings. The van der Waals surface area contributed by atoms with Gasteiger partial charge >= 0.3 is 6.09 Å². The van der Waals surface area contributed by atoms with Crippen molar-refractivity contribution in [3.05, 3.63) is 99.5 Å². The molecule has 0 bridgehead atoms. The number of benzene rings is 3. The molecule has 3 rings (SSSR count). The van der Waals surface area contributed by atoms with Crippen LogP contribution in [0.15, 0.2) is 77.7 Å². The fourth-order valence-electron chi connectivity index (χ4n) is 4.70. The van der Waals surface area contributed by atoms with Gasteiger partial charge in [0.05, 0.1) is 21.0 Å². The van der Waals surface area contributed by atoms with E-state index in [1.54, 1.807) is 32.0 Å². The van der Waals surface area contributed by atoms with E-state index in [0.29, 0.717) is 12.0 Å². The number of sulfonamides is 1. The molecule has 49 heavy (non-hydrogen) atoms. The molecule has 0 aliphatic carbocycles. The topological polar surface area (TPSA) is 183 Å². The number of nitrogens with one attached hydrogen (secondary N) is 4. The van der Waals surface area contributed by atoms with Crippen molar-refractivity contribution >= 4 is 51.1 Å². The highest BCUT2D eigenvalue weighted by atomic mass is 35.5. The molecule has 0 aliphatic heterocycles. The Bertz CT molecular complexity index is 1660. The number of ether oxygens (including phenoxy) is 1. The van der Waals surface area contributed by atoms with Crippen molar-refractivity contribution < 1.29 is 37.8 Å². The van der Waals surface area contributed by atoms with Crippen molar-refractivity contribution in [3.8, 4) is 0 Å². The molecule has 15 heteroatoms. The average molecular weight is 738 g/mol. The lowest BCUT2D eigenvalue weighted by Crippen LogP contribution is -2.57. The standard InChI is InChI=1S/C34H42Cl2N4O8S/c1-21(2)31(48-34(45)38-16-15-23-7-5-4-6-8-23)33(44)40-28(20-24-11-14-26(35)27(36)19-24)29(41)30(42)32(43)37-17-18-39-49(46,47)25-12-9-22(3)10-13-25/h4-14,19,21,28-31,39,41-42H,15-18,20H2,1-3H3,(H,37,43)(H,38,45)(H,40,44). The van der Waals surface area contributed by atoms with E-state index in [-0.39, 0.29) is 41.0 Å². The van der Waals surface area contributed by atoms with E-state index in [4.69, 9.17) is 27.9 Å². The number of amides is 3. The zero-order valence-corrected chi connectivity index (χ0v) is 29.7. The molecule has 0 radical (unpaired) electrons. The number of alkyl carbamates (subject to hydrolysis) is 1. The monoisotopic (exact) mass is 736 g/mol. The van der Waals surface area contributed by atoms with E-state index in [2.05, 4.69) is 20.7 Å². The van der Waals surface area contributed by atoms with Crippen LogP contribution in [-0.2, 0) is 37.2 Å². The first-order chi connectivity index (χ1) is 23.2. The Morgan fingerprint density at radius 3 is 2.12 bits per heavy atom. The van der Waals surface area contributed by atoms with Gasteiger partial charge in [-0.15, -0.1) is 0 Å². The molecule has 3 aromatic carbocycles. The summed E-state index contributed by atoms with van der Waals surface area (Å²) >= 11 is 12.2. The van der Waals surface area contributed by atoms with Gasteiger partial charge in [-0.3, -0.25) is 9.59 Å². The second kappa shape index (κ2) is 18.9. The molecule has 0 aliphatic rings. The van der Waals surface area contributed by atoms with Crippen molar-refractivity contribution in [1.29, 1.82) is 0 Å². The van der Waals surface area contributed by atoms with Crippen LogP contribution in [-0.4, -0.2) is 80.5 Å². The molecule has 0 saturated carbocycles. The van der Waals surface area contributed by atoms with Gasteiger partial charge < -0.3 is 30.9 Å². The van der Waals surface area contributed by atoms with Gasteiger partial charge in [0.15, 0.2) is 12.2 Å². The Labute approximate surface area is 296 Å². The van der Waals surface area contributed by atoms with E-state index < -0.39 is 58.2 Å². The molecular formula is C34H42Cl2N4O8S. The van der Waals surface area contributed by atoms with Crippen LogP contribution in [0.5, 0.6) is 0 Å². The molecule has 6 N–H and O–H groups in total. The number of aryl methyl sites for hydroxylation is 1. The maximum absolute atomic E-state index is 13.5. The summed E-state index contributed by atoms with van der Waals surface area (Å²) in [6.07, 6.45) is -5.54. The molecule has 0 heterocycles. The molecule has 0 saturated heterocycles. The summed E-state index contributed by atoms with van der Waals surface area (Å²) in [4.78, 5) is 38.9. The summed E-state index contributed by atoms with van der Waals surface area (Å²) in [5, 5.41) is 30.0. The molecule has 4 atom stereocenters. The second-order valence-corrected chi connectivity index (χ2v) is 14.3. The number of rotatable bonds is 17. The van der Waals surface area contributed by atoms with E-state index in [1.165, 1.54) is 24.3 Å². The van der Waals surface area contributed by atoms with Crippen molar-refractivity contribution in [2.24, 2.45) is 5.92 Å². The van der Waals surface area contributed by atoms with E-state index in [9.17, 15) is 33.0 Å². The van der Waals surface area contributed by atoms with Gasteiger partial charge in [0.2, 0.25) is 10.0 Å². The zero-order valence-electron chi connectivity index (χ0n) is 27.4. The third kappa shape index (κ3) is 12.6. The number of carbonyl (C=O) groups is 3. The highest BCUT2D eigenvalue weighted by molar-refractivity contribution is 7.89. The summed E-state index contributed by atoms with van der Waals surface area (Å²) in [5.74, 6) is -2.26. The molecule has 12 nitrogen and oxygen atoms in total. The van der Waals surface area contributed by atoms with Gasteiger partial charge in [0.25, 0.3) is 11.8 Å². The molecule has 3 amide bonds. The first-order valence-corrected chi connectivity index (χ1v) is 17.8. The predicted octanol–water partition coefficient (Wildman–Crippen LogP) is 3.14. The minimum atomic E-state index is -3.84. The van der Waals surface area contributed by atoms with Gasteiger partial charge in [-0.1, -0.05) is 91.1 Å². The van der Waals surface area contributed by atoms with Crippen LogP contribution in [0.1, 0.15) is 30.5 Å². The van der Waals surface area contributed by atoms with E-state index in [1.807, 2.05) is 37.3 Å². The second-order valence-electron chi connectivity index (χ2n) is 11.7. The largest absolute Gasteiger partial charge is 0.436 e. The fraction of sp³-hybridized carbons (Fsp3) is 0.382. The maximum atomic E-state index is 13.5. The van der Waals surface area contributed by atoms with Crippen molar-refractivity contribution in [2.45, 2.75) is 62.9 Å². The minimum absolute atomic E-state index is 0.0501. The summed E-state index contributed by atoms with van der Waals surface area (Å²) in [7, 11) is -3.84. The van der Waals surface area contributed by atoms with Crippen LogP contribution in [0.25, 0.3) is 0 Å². The molecule has 0 spiro atoms. The normalized spacial score (nSPS) is 14.0. The third-order valence-corrected chi connectivity index (χ3v) is 9.66. The van der Waals surface area contributed by atoms with Crippen LogP contribution in [0.4, 0.5) is 4.79 Å². The number of carbonyl (C=O) groups excluding carboxylic acids is 3. The molecule has 0 aromatic heterocycles. The molecular weight excluding hydrogens is 695 g/mol. The van der Waals surface area contributed by atoms with Gasteiger partial charge in [0, 0.05) is 19.6 Å². The third-order valence-electron chi connectivity index (χ3n) is 7.44. The Hall–Kier alpha value is -3.72. The maximum Gasteiger partial charge on any atom is 0.407 e. The number of hydrogen-bond acceptors (Lipinski definition) is 8. The molecule has 266 valence electrons. The highest BCUT2D eigenvalue weighted by Gasteiger charge is 2.35. The average Bonchev–Trinajstić information content (AvgIpc) is 3.06. The van der Waals surface area contributed by atoms with Gasteiger partial charge in [-0.05, 0) is 61.1 Å². The van der Waals surface area contributed by atoms with Crippen LogP contribution < -0.4 is 20.7 Å². The Morgan fingerprint density at radius 2 is 1.49 bits per heavy atom. The highest BCUT2D eigenvalue weighted by Crippen LogP contribution is 2.24. The van der Waals surface area contributed by atoms with Crippen molar-refractivity contribution in [1.82, 2.24) is 20.7 Å². The zero-order chi connectivity index (χ0) is 36.1. The summed E-state index contributed by atoms with van der Waals surface area (Å²) in [6, 6.07) is 19.1. The summed E-state index contributed by atoms with van der Waals surface area (Å²) < 4.78 is 32.8. The lowest BCUT2D eigenvalue weighted by Gasteiger charge is -2.30. The molecule has 4 unspecified atom stereocenters. The van der Waals surface area contributed by atoms with Crippen LogP contribution >= 0.6 is 23.2 Å². The number of aliphatic hydroxyl groups is 2. The summed E-state index contributed by atoms with van der Waals surface area (Å²) in [6.45, 7) is 5.02. The Kier molecular flexibility index (Phi) is 15.3. The van der Waals surface area contributed by atoms with Gasteiger partial charge in [-0.2, -0.15) is 0 Å². The minimum Gasteiger partial charge on any atom is -0.436 e. The SMILES string of the molecule is Cc1ccc(S(=O)(=O)NCCNC(=O)C(O)C(O)C(Cc2ccc(Cl)c(Cl)c2)NC(=O)C(OC(=O)NCCc2ccccc2)C(C)C)cc1. The first-order valence-electron chi connectivity index (χ1n) is 15.6. The first kappa shape index (κ1) is 39.7. The fourth-order valence-corrected chi connectivity index (χ4v) is 6.05. The molecule has 0 fully saturated rings. The van der Waals surface area contributed by atoms with E-state index >= 15 is 0 Å². The predicted molar refractivity (Wildman–Crippen MR) is 187 cm³/mol. The Balaban J connectivity index is 1.65. The Morgan fingerprint density at radius 1 is 0.816 bits per heavy atom. The van der Waals surface area contributed by atoms with Crippen LogP contribution in [0.3, 0.4) is 0 Å². The van der Waals surface area contributed by atoms with Crippen LogP contribution in [0.2, 0.25) is 10.0 Å². The van der Waals surface area contributed by atoms with E-state index in [0.717, 1.165) is 11.1 Å². The smallest absolute Gasteiger partial charge is 0.407 e. The number of hydrogen-bond donors (Lipinski definition) is 6. The van der Waals surface area contributed by atoms with Crippen LogP contribution in [0, 0.1) is 12.8 Å². The van der Waals surface area contributed by atoms with Crippen molar-refractivity contribution in [2.75, 3.05) is 19.6 Å². The van der Waals surface area contributed by atoms with Gasteiger partial charge in [-0.25, -0.2) is 17.9 Å². The van der Waals surface area contributed by atoms with Gasteiger partial charge in [0.1, 0.15) is 6.10 Å². The van der Waals surface area contributed by atoms with Crippen molar-refractivity contribution in [3.63, 3.8) is 0 Å².